The third-order valence-electron chi connectivity index (χ3n) is 8.95. The second-order valence-electron chi connectivity index (χ2n) is 14.5. The molecule has 0 fully saturated rings. The van der Waals surface area contributed by atoms with Gasteiger partial charge in [-0.1, -0.05) is 116 Å². The summed E-state index contributed by atoms with van der Waals surface area (Å²) in [7, 11) is 4.21. The van der Waals surface area contributed by atoms with E-state index in [4.69, 9.17) is 9.47 Å². The average molecular weight is 678 g/mol. The first-order chi connectivity index (χ1) is 23.3. The Morgan fingerprint density at radius 3 is 2.02 bits per heavy atom. The molecule has 0 aliphatic carbocycles. The lowest BCUT2D eigenvalue weighted by Crippen LogP contribution is -2.31. The van der Waals surface area contributed by atoms with Crippen molar-refractivity contribution < 1.29 is 19.1 Å². The van der Waals surface area contributed by atoms with Gasteiger partial charge in [0.15, 0.2) is 0 Å². The second-order valence-corrected chi connectivity index (χ2v) is 14.5. The highest BCUT2D eigenvalue weighted by molar-refractivity contribution is 5.69. The summed E-state index contributed by atoms with van der Waals surface area (Å²) in [6.07, 6.45) is 26.2. The maximum Gasteiger partial charge on any atom is 0.307 e. The van der Waals surface area contributed by atoms with Crippen LogP contribution < -0.4 is 0 Å². The first-order valence-corrected chi connectivity index (χ1v) is 19.9. The van der Waals surface area contributed by atoms with Crippen molar-refractivity contribution in [3.05, 3.63) is 11.9 Å². The molecule has 280 valence electrons. The van der Waals surface area contributed by atoms with E-state index >= 15 is 0 Å². The van der Waals surface area contributed by atoms with E-state index in [2.05, 4.69) is 55.0 Å². The van der Waals surface area contributed by atoms with E-state index in [0.29, 0.717) is 32.5 Å². The molecule has 0 N–H and O–H groups in total. The third kappa shape index (κ3) is 27.9. The Labute approximate surface area is 295 Å². The number of aryl methyl sites for hydroxylation is 1. The van der Waals surface area contributed by atoms with Crippen molar-refractivity contribution in [1.29, 1.82) is 0 Å². The minimum absolute atomic E-state index is 0.0307. The van der Waals surface area contributed by atoms with E-state index in [1.165, 1.54) is 77.0 Å². The van der Waals surface area contributed by atoms with E-state index in [9.17, 15) is 9.59 Å². The van der Waals surface area contributed by atoms with Crippen molar-refractivity contribution in [2.45, 2.75) is 169 Å². The minimum Gasteiger partial charge on any atom is -0.466 e. The van der Waals surface area contributed by atoms with Gasteiger partial charge < -0.3 is 19.3 Å². The number of ether oxygens (including phenoxy) is 2. The number of rotatable bonds is 34. The van der Waals surface area contributed by atoms with Crippen LogP contribution in [0.15, 0.2) is 6.20 Å². The van der Waals surface area contributed by atoms with E-state index in [1.807, 2.05) is 10.9 Å². The van der Waals surface area contributed by atoms with E-state index in [0.717, 1.165) is 89.3 Å². The van der Waals surface area contributed by atoms with E-state index in [-0.39, 0.29) is 11.9 Å². The number of aromatic nitrogens is 3. The Hall–Kier alpha value is -2.00. The van der Waals surface area contributed by atoms with Crippen LogP contribution in [0.1, 0.15) is 161 Å². The normalized spacial score (nSPS) is 11.7. The standard InChI is InChI=1S/C39H75N5O4/c1-6-7-8-9-14-19-25-38(45)47-33-22-17-11-10-15-20-29-43(30-23-28-42(4)5)32-26-39(46)48-34-27-37-35-44(41-40-37)31-21-16-12-13-18-24-36(2)3/h35-36H,6-34H2,1-5H3. The van der Waals surface area contributed by atoms with Gasteiger partial charge in [0.05, 0.1) is 25.3 Å². The van der Waals surface area contributed by atoms with Crippen LogP contribution in [0.4, 0.5) is 0 Å². The van der Waals surface area contributed by atoms with Crippen LogP contribution in [0, 0.1) is 5.92 Å². The maximum absolute atomic E-state index is 12.5. The van der Waals surface area contributed by atoms with Crippen molar-refractivity contribution in [3.63, 3.8) is 0 Å². The van der Waals surface area contributed by atoms with Crippen LogP contribution in [0.5, 0.6) is 0 Å². The molecule has 0 aliphatic heterocycles. The minimum atomic E-state index is -0.134. The number of unbranched alkanes of at least 4 members (excludes halogenated alkanes) is 14. The molecule has 0 spiro atoms. The predicted octanol–water partition coefficient (Wildman–Crippen LogP) is 8.64. The summed E-state index contributed by atoms with van der Waals surface area (Å²) in [5, 5.41) is 8.52. The topological polar surface area (TPSA) is 89.8 Å². The van der Waals surface area contributed by atoms with Gasteiger partial charge in [-0.25, -0.2) is 0 Å². The van der Waals surface area contributed by atoms with Crippen molar-refractivity contribution >= 4 is 11.9 Å². The molecule has 0 radical (unpaired) electrons. The Morgan fingerprint density at radius 2 is 1.29 bits per heavy atom. The quantitative estimate of drug-likeness (QED) is 0.0529. The second kappa shape index (κ2) is 31.0. The number of carbonyl (C=O) groups is 2. The Morgan fingerprint density at radius 1 is 0.688 bits per heavy atom. The van der Waals surface area contributed by atoms with Gasteiger partial charge in [0, 0.05) is 32.1 Å². The molecule has 1 aromatic heterocycles. The number of nitrogens with zero attached hydrogens (tertiary/aromatic N) is 5. The van der Waals surface area contributed by atoms with Gasteiger partial charge in [0.1, 0.15) is 0 Å². The summed E-state index contributed by atoms with van der Waals surface area (Å²) in [4.78, 5) is 29.1. The third-order valence-corrected chi connectivity index (χ3v) is 8.95. The number of carbonyl (C=O) groups excluding carboxylic acids is 2. The predicted molar refractivity (Wildman–Crippen MR) is 198 cm³/mol. The lowest BCUT2D eigenvalue weighted by molar-refractivity contribution is -0.144. The molecule has 9 heteroatoms. The largest absolute Gasteiger partial charge is 0.466 e. The maximum atomic E-state index is 12.5. The van der Waals surface area contributed by atoms with Gasteiger partial charge in [-0.3, -0.25) is 14.3 Å². The van der Waals surface area contributed by atoms with Gasteiger partial charge in [-0.15, -0.1) is 5.10 Å². The molecule has 0 atom stereocenters. The van der Waals surface area contributed by atoms with Crippen LogP contribution in [0.2, 0.25) is 0 Å². The molecule has 0 saturated heterocycles. The van der Waals surface area contributed by atoms with Crippen molar-refractivity contribution in [2.75, 3.05) is 53.5 Å². The van der Waals surface area contributed by atoms with Crippen LogP contribution in [0.3, 0.4) is 0 Å². The number of hydrogen-bond donors (Lipinski definition) is 0. The average Bonchev–Trinajstić information content (AvgIpc) is 3.50. The summed E-state index contributed by atoms with van der Waals surface area (Å²) in [6.45, 7) is 12.4. The monoisotopic (exact) mass is 678 g/mol. The number of hydrogen-bond acceptors (Lipinski definition) is 8. The highest BCUT2D eigenvalue weighted by Gasteiger charge is 2.11. The molecule has 0 amide bonds. The molecule has 0 aliphatic rings. The molecule has 48 heavy (non-hydrogen) atoms. The zero-order valence-corrected chi connectivity index (χ0v) is 32.0. The molecule has 1 aromatic rings. The zero-order valence-electron chi connectivity index (χ0n) is 32.0. The lowest BCUT2D eigenvalue weighted by Gasteiger charge is -2.23. The highest BCUT2D eigenvalue weighted by Crippen LogP contribution is 2.12. The lowest BCUT2D eigenvalue weighted by atomic mass is 10.0. The SMILES string of the molecule is CCCCCCCCC(=O)OCCCCCCCCN(CCCN(C)C)CCC(=O)OCCc1cn(CCCCCCCC(C)C)nn1. The van der Waals surface area contributed by atoms with Gasteiger partial charge in [-0.05, 0) is 71.8 Å². The van der Waals surface area contributed by atoms with Crippen LogP contribution in [-0.4, -0.2) is 90.2 Å². The van der Waals surface area contributed by atoms with Gasteiger partial charge >= 0.3 is 11.9 Å². The smallest absolute Gasteiger partial charge is 0.307 e. The summed E-state index contributed by atoms with van der Waals surface area (Å²) < 4.78 is 12.9. The van der Waals surface area contributed by atoms with Crippen molar-refractivity contribution in [1.82, 2.24) is 24.8 Å². The first-order valence-electron chi connectivity index (χ1n) is 19.9. The summed E-state index contributed by atoms with van der Waals surface area (Å²) in [5.41, 5.74) is 0.884. The van der Waals surface area contributed by atoms with Crippen LogP contribution in [0.25, 0.3) is 0 Å². The fourth-order valence-electron chi connectivity index (χ4n) is 5.91. The summed E-state index contributed by atoms with van der Waals surface area (Å²) >= 11 is 0. The molecule has 9 nitrogen and oxygen atoms in total. The summed E-state index contributed by atoms with van der Waals surface area (Å²) in [5.74, 6) is 0.639. The fraction of sp³-hybridized carbons (Fsp3) is 0.897. The molecular formula is C39H75N5O4. The molecule has 1 rings (SSSR count). The van der Waals surface area contributed by atoms with Crippen LogP contribution >= 0.6 is 0 Å². The number of esters is 2. The van der Waals surface area contributed by atoms with Gasteiger partial charge in [-0.2, -0.15) is 0 Å². The molecular weight excluding hydrogens is 602 g/mol. The summed E-state index contributed by atoms with van der Waals surface area (Å²) in [6, 6.07) is 0. The Bertz CT molecular complexity index is 891. The molecule has 1 heterocycles. The van der Waals surface area contributed by atoms with Crippen LogP contribution in [-0.2, 0) is 32.0 Å². The van der Waals surface area contributed by atoms with Gasteiger partial charge in [0.25, 0.3) is 0 Å². The van der Waals surface area contributed by atoms with Crippen molar-refractivity contribution in [3.8, 4) is 0 Å². The molecule has 0 aromatic carbocycles. The van der Waals surface area contributed by atoms with E-state index < -0.39 is 0 Å². The molecule has 0 bridgehead atoms. The van der Waals surface area contributed by atoms with E-state index in [1.54, 1.807) is 0 Å². The van der Waals surface area contributed by atoms with Crippen molar-refractivity contribution in [2.24, 2.45) is 5.92 Å². The molecule has 0 saturated carbocycles. The van der Waals surface area contributed by atoms with Gasteiger partial charge in [0.2, 0.25) is 0 Å². The highest BCUT2D eigenvalue weighted by atomic mass is 16.5. The molecule has 0 unspecified atom stereocenters. The fourth-order valence-corrected chi connectivity index (χ4v) is 5.91. The Balaban J connectivity index is 2.14. The Kier molecular flexibility index (Phi) is 28.4. The first kappa shape index (κ1) is 44.0. The zero-order chi connectivity index (χ0) is 35.1.